The number of rotatable bonds is 3. The summed E-state index contributed by atoms with van der Waals surface area (Å²) < 4.78 is 0. The third kappa shape index (κ3) is 3.16. The van der Waals surface area contributed by atoms with E-state index in [0.717, 1.165) is 19.0 Å². The summed E-state index contributed by atoms with van der Waals surface area (Å²) in [5.74, 6) is 0. The molecule has 2 atom stereocenters. The van der Waals surface area contributed by atoms with Gasteiger partial charge in [-0.25, -0.2) is 0 Å². The van der Waals surface area contributed by atoms with Gasteiger partial charge in [-0.05, 0) is 58.8 Å². The number of hydrogen-bond donors (Lipinski definition) is 1. The van der Waals surface area contributed by atoms with Gasteiger partial charge >= 0.3 is 0 Å². The lowest BCUT2D eigenvalue weighted by molar-refractivity contribution is 0.0666. The zero-order valence-corrected chi connectivity index (χ0v) is 9.86. The lowest BCUT2D eigenvalue weighted by Gasteiger charge is -2.31. The molecule has 0 saturated carbocycles. The highest BCUT2D eigenvalue weighted by Crippen LogP contribution is 2.19. The van der Waals surface area contributed by atoms with Gasteiger partial charge < -0.3 is 14.9 Å². The molecule has 0 aliphatic carbocycles. The van der Waals surface area contributed by atoms with Gasteiger partial charge in [-0.2, -0.15) is 0 Å². The first kappa shape index (κ1) is 11.4. The molecule has 15 heavy (non-hydrogen) atoms. The van der Waals surface area contributed by atoms with Crippen LogP contribution in [0.1, 0.15) is 32.1 Å². The molecule has 2 saturated heterocycles. The Morgan fingerprint density at radius 3 is 2.67 bits per heavy atom. The predicted octanol–water partition coefficient (Wildman–Crippen LogP) is 0.927. The van der Waals surface area contributed by atoms with E-state index in [0.29, 0.717) is 0 Å². The third-order valence-corrected chi connectivity index (χ3v) is 3.93. The number of hydrogen-bond acceptors (Lipinski definition) is 3. The SMILES string of the molecule is CN1CCCC1CCN1CCCC(O)C1. The van der Waals surface area contributed by atoms with Crippen LogP contribution in [-0.2, 0) is 0 Å². The summed E-state index contributed by atoms with van der Waals surface area (Å²) in [5.41, 5.74) is 0. The fourth-order valence-electron chi connectivity index (χ4n) is 2.91. The molecule has 2 fully saturated rings. The number of aliphatic hydroxyl groups excluding tert-OH is 1. The molecule has 3 heteroatoms. The Kier molecular flexibility index (Phi) is 4.00. The van der Waals surface area contributed by atoms with Crippen molar-refractivity contribution in [2.75, 3.05) is 33.2 Å². The molecule has 2 unspecified atom stereocenters. The highest BCUT2D eigenvalue weighted by molar-refractivity contribution is 4.79. The van der Waals surface area contributed by atoms with Crippen LogP contribution in [0.2, 0.25) is 0 Å². The van der Waals surface area contributed by atoms with Gasteiger partial charge in [0.05, 0.1) is 6.10 Å². The highest BCUT2D eigenvalue weighted by Gasteiger charge is 2.23. The Morgan fingerprint density at radius 2 is 2.00 bits per heavy atom. The van der Waals surface area contributed by atoms with Crippen molar-refractivity contribution in [2.24, 2.45) is 0 Å². The lowest BCUT2D eigenvalue weighted by atomic mass is 10.1. The molecular weight excluding hydrogens is 188 g/mol. The van der Waals surface area contributed by atoms with Crippen molar-refractivity contribution in [3.63, 3.8) is 0 Å². The van der Waals surface area contributed by atoms with Crippen LogP contribution < -0.4 is 0 Å². The minimum atomic E-state index is -0.0694. The molecule has 0 spiro atoms. The first-order valence-corrected chi connectivity index (χ1v) is 6.36. The highest BCUT2D eigenvalue weighted by atomic mass is 16.3. The molecule has 1 N–H and O–H groups in total. The van der Waals surface area contributed by atoms with Crippen molar-refractivity contribution in [3.05, 3.63) is 0 Å². The van der Waals surface area contributed by atoms with Crippen molar-refractivity contribution < 1.29 is 5.11 Å². The van der Waals surface area contributed by atoms with Gasteiger partial charge in [-0.3, -0.25) is 0 Å². The van der Waals surface area contributed by atoms with Gasteiger partial charge in [0.1, 0.15) is 0 Å². The van der Waals surface area contributed by atoms with Gasteiger partial charge in [0.15, 0.2) is 0 Å². The Hall–Kier alpha value is -0.120. The normalized spacial score (nSPS) is 34.8. The molecule has 0 bridgehead atoms. The number of likely N-dealkylation sites (tertiary alicyclic amines) is 2. The summed E-state index contributed by atoms with van der Waals surface area (Å²) in [7, 11) is 2.24. The Balaban J connectivity index is 1.68. The maximum atomic E-state index is 9.57. The Labute approximate surface area is 93.1 Å². The average molecular weight is 212 g/mol. The molecule has 3 nitrogen and oxygen atoms in total. The average Bonchev–Trinajstić information content (AvgIpc) is 2.61. The van der Waals surface area contributed by atoms with Gasteiger partial charge in [0.25, 0.3) is 0 Å². The van der Waals surface area contributed by atoms with Crippen LogP contribution in [0.5, 0.6) is 0 Å². The monoisotopic (exact) mass is 212 g/mol. The molecule has 2 aliphatic heterocycles. The van der Waals surface area contributed by atoms with Crippen molar-refractivity contribution in [1.82, 2.24) is 9.80 Å². The smallest absolute Gasteiger partial charge is 0.0667 e. The summed E-state index contributed by atoms with van der Waals surface area (Å²) >= 11 is 0. The first-order valence-electron chi connectivity index (χ1n) is 6.36. The predicted molar refractivity (Wildman–Crippen MR) is 61.9 cm³/mol. The number of aliphatic hydroxyl groups is 1. The van der Waals surface area contributed by atoms with E-state index in [1.54, 1.807) is 0 Å². The van der Waals surface area contributed by atoms with Crippen molar-refractivity contribution >= 4 is 0 Å². The van der Waals surface area contributed by atoms with Crippen molar-refractivity contribution in [2.45, 2.75) is 44.2 Å². The van der Waals surface area contributed by atoms with Crippen LogP contribution in [0.3, 0.4) is 0 Å². The van der Waals surface area contributed by atoms with Gasteiger partial charge in [0.2, 0.25) is 0 Å². The number of nitrogens with zero attached hydrogens (tertiary/aromatic N) is 2. The summed E-state index contributed by atoms with van der Waals surface area (Å²) in [5, 5.41) is 9.57. The van der Waals surface area contributed by atoms with E-state index in [2.05, 4.69) is 16.8 Å². The largest absolute Gasteiger partial charge is 0.392 e. The fourth-order valence-corrected chi connectivity index (χ4v) is 2.91. The minimum absolute atomic E-state index is 0.0694. The third-order valence-electron chi connectivity index (χ3n) is 3.93. The minimum Gasteiger partial charge on any atom is -0.392 e. The first-order chi connectivity index (χ1) is 7.25. The van der Waals surface area contributed by atoms with E-state index >= 15 is 0 Å². The van der Waals surface area contributed by atoms with Crippen molar-refractivity contribution in [1.29, 1.82) is 0 Å². The van der Waals surface area contributed by atoms with Gasteiger partial charge in [-0.15, -0.1) is 0 Å². The standard InChI is InChI=1S/C12H24N2O/c1-13-7-2-4-11(13)6-9-14-8-3-5-12(15)10-14/h11-12,15H,2-10H2,1H3. The second-order valence-electron chi connectivity index (χ2n) is 5.16. The van der Waals surface area contributed by atoms with Crippen molar-refractivity contribution in [3.8, 4) is 0 Å². The molecular formula is C12H24N2O. The van der Waals surface area contributed by atoms with E-state index in [1.807, 2.05) is 0 Å². The van der Waals surface area contributed by atoms with E-state index < -0.39 is 0 Å². The lowest BCUT2D eigenvalue weighted by Crippen LogP contribution is -2.40. The summed E-state index contributed by atoms with van der Waals surface area (Å²) in [6, 6.07) is 0.795. The number of piperidine rings is 1. The zero-order valence-electron chi connectivity index (χ0n) is 9.86. The van der Waals surface area contributed by atoms with Crippen LogP contribution in [0.25, 0.3) is 0 Å². The molecule has 0 radical (unpaired) electrons. The van der Waals surface area contributed by atoms with E-state index in [9.17, 15) is 5.11 Å². The van der Waals surface area contributed by atoms with Crippen LogP contribution >= 0.6 is 0 Å². The second kappa shape index (κ2) is 5.28. The van der Waals surface area contributed by atoms with Crippen LogP contribution in [0.4, 0.5) is 0 Å². The second-order valence-corrected chi connectivity index (χ2v) is 5.16. The van der Waals surface area contributed by atoms with E-state index in [-0.39, 0.29) is 6.10 Å². The van der Waals surface area contributed by atoms with Gasteiger partial charge in [0, 0.05) is 12.6 Å². The van der Waals surface area contributed by atoms with Gasteiger partial charge in [-0.1, -0.05) is 0 Å². The summed E-state index contributed by atoms with van der Waals surface area (Å²) in [6.45, 7) is 4.53. The molecule has 0 aromatic rings. The Bertz CT molecular complexity index is 198. The molecule has 0 amide bonds. The van der Waals surface area contributed by atoms with Crippen LogP contribution in [0, 0.1) is 0 Å². The molecule has 0 aromatic heterocycles. The Morgan fingerprint density at radius 1 is 1.20 bits per heavy atom. The summed E-state index contributed by atoms with van der Waals surface area (Å²) in [6.07, 6.45) is 6.11. The molecule has 2 rings (SSSR count). The topological polar surface area (TPSA) is 26.7 Å². The fraction of sp³-hybridized carbons (Fsp3) is 1.00. The molecule has 0 aromatic carbocycles. The quantitative estimate of drug-likeness (QED) is 0.754. The van der Waals surface area contributed by atoms with E-state index in [1.165, 1.54) is 45.3 Å². The molecule has 2 aliphatic rings. The van der Waals surface area contributed by atoms with Crippen LogP contribution in [0.15, 0.2) is 0 Å². The maximum Gasteiger partial charge on any atom is 0.0667 e. The molecule has 2 heterocycles. The van der Waals surface area contributed by atoms with E-state index in [4.69, 9.17) is 0 Å². The number of β-amino-alcohol motifs (C(OH)–C–C–N with tert-alkyl or cyclic N) is 1. The zero-order chi connectivity index (χ0) is 10.7. The summed E-state index contributed by atoms with van der Waals surface area (Å²) in [4.78, 5) is 4.92. The maximum absolute atomic E-state index is 9.57. The van der Waals surface area contributed by atoms with Crippen LogP contribution in [-0.4, -0.2) is 60.3 Å². The molecule has 88 valence electrons.